The van der Waals surface area contributed by atoms with Crippen LogP contribution >= 0.6 is 0 Å². The van der Waals surface area contributed by atoms with Gasteiger partial charge in [0.15, 0.2) is 0 Å². The van der Waals surface area contributed by atoms with E-state index in [4.69, 9.17) is 4.74 Å². The minimum atomic E-state index is 0. The molecule has 1 aromatic carbocycles. The van der Waals surface area contributed by atoms with Crippen LogP contribution in [-0.4, -0.2) is 37.3 Å². The number of hydrogen-bond donors (Lipinski definition) is 0. The van der Waals surface area contributed by atoms with E-state index in [2.05, 4.69) is 20.8 Å². The van der Waals surface area contributed by atoms with E-state index in [1.807, 2.05) is 30.3 Å². The summed E-state index contributed by atoms with van der Waals surface area (Å²) in [5, 5.41) is 0. The lowest BCUT2D eigenvalue weighted by Crippen LogP contribution is -3.00. The van der Waals surface area contributed by atoms with Gasteiger partial charge in [-0.15, -0.1) is 0 Å². The number of hydrogen-bond acceptors (Lipinski definition) is 1. The first kappa shape index (κ1) is 28.5. The zero-order valence-corrected chi connectivity index (χ0v) is 21.2. The molecule has 0 aliphatic carbocycles. The van der Waals surface area contributed by atoms with Gasteiger partial charge >= 0.3 is 0 Å². The molecule has 0 spiro atoms. The van der Waals surface area contributed by atoms with E-state index in [1.165, 1.54) is 108 Å². The fraction of sp³-hybridized carbons (Fsp3) is 0.769. The molecule has 0 bridgehead atoms. The van der Waals surface area contributed by atoms with Gasteiger partial charge in [0.2, 0.25) is 0 Å². The van der Waals surface area contributed by atoms with Crippen LogP contribution in [-0.2, 0) is 0 Å². The first-order chi connectivity index (χ1) is 13.8. The van der Waals surface area contributed by atoms with Gasteiger partial charge in [-0.25, -0.2) is 0 Å². The molecular formula is C26H48BrNO. The van der Waals surface area contributed by atoms with Crippen molar-refractivity contribution in [2.24, 2.45) is 0 Å². The van der Waals surface area contributed by atoms with E-state index in [-0.39, 0.29) is 17.0 Å². The number of unbranched alkanes of at least 4 members (excludes halogenated alkanes) is 11. The second kappa shape index (κ2) is 19.4. The molecule has 0 saturated heterocycles. The topological polar surface area (TPSA) is 9.23 Å². The van der Waals surface area contributed by atoms with Crippen molar-refractivity contribution in [3.63, 3.8) is 0 Å². The molecule has 0 fully saturated rings. The Bertz CT molecular complexity index is 439. The van der Waals surface area contributed by atoms with Crippen LogP contribution in [0.1, 0.15) is 97.8 Å². The van der Waals surface area contributed by atoms with Crippen LogP contribution in [0.25, 0.3) is 0 Å². The van der Waals surface area contributed by atoms with Crippen LogP contribution in [0.5, 0.6) is 5.75 Å². The Hall–Kier alpha value is -0.540. The van der Waals surface area contributed by atoms with Crippen molar-refractivity contribution in [2.45, 2.75) is 97.8 Å². The molecule has 2 nitrogen and oxygen atoms in total. The first-order valence-electron chi connectivity index (χ1n) is 12.3. The summed E-state index contributed by atoms with van der Waals surface area (Å²) in [6.45, 7) is 13.2. The van der Waals surface area contributed by atoms with Crippen LogP contribution in [0.2, 0.25) is 0 Å². The predicted octanol–water partition coefficient (Wildman–Crippen LogP) is 4.63. The molecule has 0 amide bonds. The number of rotatable bonds is 19. The number of ether oxygens (including phenoxy) is 1. The minimum absolute atomic E-state index is 0. The average molecular weight is 471 g/mol. The van der Waals surface area contributed by atoms with Gasteiger partial charge in [0, 0.05) is 0 Å². The quantitative estimate of drug-likeness (QED) is 0.212. The number of halogens is 1. The summed E-state index contributed by atoms with van der Waals surface area (Å²) in [4.78, 5) is 0. The third-order valence-electron chi connectivity index (χ3n) is 6.55. The maximum atomic E-state index is 5.74. The number of nitrogens with zero attached hydrogens (tertiary/aromatic N) is 1. The summed E-state index contributed by atoms with van der Waals surface area (Å²) >= 11 is 0. The van der Waals surface area contributed by atoms with E-state index in [0.29, 0.717) is 0 Å². The first-order valence-corrected chi connectivity index (χ1v) is 12.3. The SMILES string of the molecule is CC[N+](CC)(CC)CCCCCCCCCCCCCCOc1ccccc1.[Br-]. The summed E-state index contributed by atoms with van der Waals surface area (Å²) in [5.41, 5.74) is 0. The van der Waals surface area contributed by atoms with Crippen molar-refractivity contribution < 1.29 is 26.2 Å². The lowest BCUT2D eigenvalue weighted by atomic mass is 10.0. The highest BCUT2D eigenvalue weighted by Gasteiger charge is 2.19. The molecule has 0 unspecified atom stereocenters. The van der Waals surface area contributed by atoms with Crippen LogP contribution in [0.3, 0.4) is 0 Å². The summed E-state index contributed by atoms with van der Waals surface area (Å²) in [6, 6.07) is 10.2. The smallest absolute Gasteiger partial charge is 0.119 e. The maximum absolute atomic E-state index is 5.74. The van der Waals surface area contributed by atoms with Crippen molar-refractivity contribution >= 4 is 0 Å². The molecule has 0 aliphatic rings. The molecule has 0 aliphatic heterocycles. The molecule has 0 saturated carbocycles. The Kier molecular flexibility index (Phi) is 19.1. The van der Waals surface area contributed by atoms with Crippen LogP contribution < -0.4 is 21.7 Å². The van der Waals surface area contributed by atoms with E-state index < -0.39 is 0 Å². The Morgan fingerprint density at radius 1 is 0.586 bits per heavy atom. The van der Waals surface area contributed by atoms with Gasteiger partial charge < -0.3 is 26.2 Å². The molecule has 0 atom stereocenters. The fourth-order valence-electron chi connectivity index (χ4n) is 4.17. The van der Waals surface area contributed by atoms with Gasteiger partial charge in [-0.1, -0.05) is 76.0 Å². The van der Waals surface area contributed by atoms with E-state index >= 15 is 0 Å². The molecule has 0 N–H and O–H groups in total. The molecular weight excluding hydrogens is 422 g/mol. The van der Waals surface area contributed by atoms with Gasteiger partial charge in [0.25, 0.3) is 0 Å². The summed E-state index contributed by atoms with van der Waals surface area (Å²) in [7, 11) is 0. The second-order valence-corrected chi connectivity index (χ2v) is 8.42. The third-order valence-corrected chi connectivity index (χ3v) is 6.55. The summed E-state index contributed by atoms with van der Waals surface area (Å²) in [6.07, 6.45) is 16.7. The monoisotopic (exact) mass is 469 g/mol. The highest BCUT2D eigenvalue weighted by Crippen LogP contribution is 2.14. The molecule has 29 heavy (non-hydrogen) atoms. The van der Waals surface area contributed by atoms with E-state index in [1.54, 1.807) is 0 Å². The van der Waals surface area contributed by atoms with Crippen molar-refractivity contribution in [1.29, 1.82) is 0 Å². The standard InChI is InChI=1S/C26H48NO.BrH/c1-4-27(5-2,6-3)24-20-15-13-11-9-7-8-10-12-14-16-21-25-28-26-22-18-17-19-23-26;/h17-19,22-23H,4-16,20-21,24-25H2,1-3H3;1H/q+1;/p-1. The highest BCUT2D eigenvalue weighted by molar-refractivity contribution is 5.20. The Labute approximate surface area is 192 Å². The number of para-hydroxylation sites is 1. The van der Waals surface area contributed by atoms with E-state index in [9.17, 15) is 0 Å². The van der Waals surface area contributed by atoms with E-state index in [0.717, 1.165) is 12.4 Å². The van der Waals surface area contributed by atoms with Crippen molar-refractivity contribution in [3.05, 3.63) is 30.3 Å². The molecule has 170 valence electrons. The van der Waals surface area contributed by atoms with Crippen molar-refractivity contribution in [1.82, 2.24) is 0 Å². The predicted molar refractivity (Wildman–Crippen MR) is 124 cm³/mol. The Balaban J connectivity index is 0.00000784. The second-order valence-electron chi connectivity index (χ2n) is 8.42. The largest absolute Gasteiger partial charge is 1.00 e. The zero-order valence-electron chi connectivity index (χ0n) is 19.6. The maximum Gasteiger partial charge on any atom is 0.119 e. The van der Waals surface area contributed by atoms with Gasteiger partial charge in [-0.05, 0) is 52.2 Å². The van der Waals surface area contributed by atoms with Crippen LogP contribution in [0.4, 0.5) is 0 Å². The third kappa shape index (κ3) is 14.2. The number of quaternary nitrogens is 1. The molecule has 1 rings (SSSR count). The summed E-state index contributed by atoms with van der Waals surface area (Å²) < 4.78 is 7.06. The lowest BCUT2D eigenvalue weighted by molar-refractivity contribution is -0.923. The molecule has 1 aromatic rings. The van der Waals surface area contributed by atoms with Crippen molar-refractivity contribution in [2.75, 3.05) is 32.8 Å². The molecule has 0 aromatic heterocycles. The van der Waals surface area contributed by atoms with Gasteiger partial charge in [-0.2, -0.15) is 0 Å². The van der Waals surface area contributed by atoms with Gasteiger partial charge in [-0.3, -0.25) is 0 Å². The molecule has 0 radical (unpaired) electrons. The fourth-order valence-corrected chi connectivity index (χ4v) is 4.17. The highest BCUT2D eigenvalue weighted by atomic mass is 79.9. The van der Waals surface area contributed by atoms with Crippen molar-refractivity contribution in [3.8, 4) is 5.75 Å². The van der Waals surface area contributed by atoms with Gasteiger partial charge in [0.1, 0.15) is 5.75 Å². The van der Waals surface area contributed by atoms with Crippen LogP contribution in [0.15, 0.2) is 30.3 Å². The minimum Gasteiger partial charge on any atom is -1.00 e. The zero-order chi connectivity index (χ0) is 20.3. The Morgan fingerprint density at radius 3 is 1.45 bits per heavy atom. The normalized spacial score (nSPS) is 11.3. The van der Waals surface area contributed by atoms with Gasteiger partial charge in [0.05, 0.1) is 32.8 Å². The number of benzene rings is 1. The molecule has 3 heteroatoms. The average Bonchev–Trinajstić information content (AvgIpc) is 2.75. The molecule has 0 heterocycles. The Morgan fingerprint density at radius 2 is 1.00 bits per heavy atom. The summed E-state index contributed by atoms with van der Waals surface area (Å²) in [5.74, 6) is 1.00. The lowest BCUT2D eigenvalue weighted by Gasteiger charge is -2.35. The van der Waals surface area contributed by atoms with Crippen LogP contribution in [0, 0.1) is 0 Å².